The second kappa shape index (κ2) is 4.71. The molecule has 2 nitrogen and oxygen atoms in total. The van der Waals surface area contributed by atoms with E-state index in [1.807, 2.05) is 7.05 Å². The zero-order valence-electron chi connectivity index (χ0n) is 12.1. The maximum absolute atomic E-state index is 4.31. The number of benzene rings is 2. The summed E-state index contributed by atoms with van der Waals surface area (Å²) >= 11 is 1.69. The highest BCUT2D eigenvalue weighted by atomic mass is 32.1. The number of thiazole rings is 1. The molecule has 21 heavy (non-hydrogen) atoms. The van der Waals surface area contributed by atoms with Gasteiger partial charge in [-0.05, 0) is 40.3 Å². The molecule has 0 aliphatic heterocycles. The van der Waals surface area contributed by atoms with E-state index in [-0.39, 0.29) is 0 Å². The van der Waals surface area contributed by atoms with Crippen LogP contribution in [0.4, 0.5) is 0 Å². The average molecular weight is 292 g/mol. The standard InChI is InChI=1S/C18H16N2S/c1-19-18-20(2)17(11-21-18)14-8-7-13-9-12-5-3-4-6-15(12)16(13)10-14/h3-8,10-11H,9H2,1-2H3. The van der Waals surface area contributed by atoms with Crippen LogP contribution in [-0.2, 0) is 13.5 Å². The van der Waals surface area contributed by atoms with Crippen molar-refractivity contribution in [2.24, 2.45) is 12.0 Å². The van der Waals surface area contributed by atoms with Gasteiger partial charge in [0.15, 0.2) is 4.80 Å². The number of hydrogen-bond acceptors (Lipinski definition) is 2. The Kier molecular flexibility index (Phi) is 2.82. The molecule has 0 amide bonds. The van der Waals surface area contributed by atoms with Gasteiger partial charge in [-0.25, -0.2) is 0 Å². The van der Waals surface area contributed by atoms with Gasteiger partial charge in [0.2, 0.25) is 0 Å². The zero-order valence-corrected chi connectivity index (χ0v) is 12.9. The van der Waals surface area contributed by atoms with Gasteiger partial charge >= 0.3 is 0 Å². The Balaban J connectivity index is 1.90. The summed E-state index contributed by atoms with van der Waals surface area (Å²) < 4.78 is 2.16. The summed E-state index contributed by atoms with van der Waals surface area (Å²) in [5.74, 6) is 0. The van der Waals surface area contributed by atoms with E-state index in [1.165, 1.54) is 33.5 Å². The molecular weight excluding hydrogens is 276 g/mol. The van der Waals surface area contributed by atoms with Crippen LogP contribution in [0.25, 0.3) is 22.4 Å². The van der Waals surface area contributed by atoms with Crippen molar-refractivity contribution in [3.8, 4) is 22.4 Å². The molecule has 0 saturated carbocycles. The molecule has 1 aliphatic carbocycles. The minimum atomic E-state index is 1.05. The van der Waals surface area contributed by atoms with E-state index in [2.05, 4.69) is 64.5 Å². The summed E-state index contributed by atoms with van der Waals surface area (Å²) in [6.07, 6.45) is 1.05. The van der Waals surface area contributed by atoms with Crippen molar-refractivity contribution in [3.05, 3.63) is 63.8 Å². The fourth-order valence-electron chi connectivity index (χ4n) is 3.12. The Hall–Kier alpha value is -2.13. The molecule has 0 saturated heterocycles. The zero-order chi connectivity index (χ0) is 14.4. The fraction of sp³-hybridized carbons (Fsp3) is 0.167. The molecule has 4 rings (SSSR count). The van der Waals surface area contributed by atoms with Crippen LogP contribution < -0.4 is 4.80 Å². The molecule has 0 fully saturated rings. The van der Waals surface area contributed by atoms with Crippen LogP contribution in [0.5, 0.6) is 0 Å². The van der Waals surface area contributed by atoms with Crippen LogP contribution in [0.2, 0.25) is 0 Å². The van der Waals surface area contributed by atoms with E-state index in [0.717, 1.165) is 11.2 Å². The van der Waals surface area contributed by atoms with E-state index in [1.54, 1.807) is 11.3 Å². The summed E-state index contributed by atoms with van der Waals surface area (Å²) in [6, 6.07) is 15.5. The summed E-state index contributed by atoms with van der Waals surface area (Å²) in [6.45, 7) is 0. The van der Waals surface area contributed by atoms with Gasteiger partial charge in [-0.3, -0.25) is 4.99 Å². The van der Waals surface area contributed by atoms with Crippen molar-refractivity contribution in [1.29, 1.82) is 0 Å². The average Bonchev–Trinajstić information content (AvgIpc) is 3.07. The first-order valence-corrected chi connectivity index (χ1v) is 7.95. The summed E-state index contributed by atoms with van der Waals surface area (Å²) in [7, 11) is 3.92. The quantitative estimate of drug-likeness (QED) is 0.507. The third-order valence-electron chi connectivity index (χ3n) is 4.21. The molecule has 0 bridgehead atoms. The Bertz CT molecular complexity index is 900. The molecule has 104 valence electrons. The third-order valence-corrected chi connectivity index (χ3v) is 5.22. The molecule has 1 aliphatic rings. The van der Waals surface area contributed by atoms with Gasteiger partial charge in [-0.15, -0.1) is 11.3 Å². The molecule has 3 aromatic rings. The van der Waals surface area contributed by atoms with Crippen molar-refractivity contribution < 1.29 is 0 Å². The highest BCUT2D eigenvalue weighted by Gasteiger charge is 2.18. The van der Waals surface area contributed by atoms with E-state index < -0.39 is 0 Å². The first kappa shape index (κ1) is 12.6. The van der Waals surface area contributed by atoms with Crippen LogP contribution in [-0.4, -0.2) is 11.6 Å². The molecule has 2 aromatic carbocycles. The van der Waals surface area contributed by atoms with E-state index in [0.29, 0.717) is 0 Å². The minimum Gasteiger partial charge on any atom is -0.320 e. The van der Waals surface area contributed by atoms with E-state index in [9.17, 15) is 0 Å². The van der Waals surface area contributed by atoms with E-state index >= 15 is 0 Å². The van der Waals surface area contributed by atoms with Crippen molar-refractivity contribution in [3.63, 3.8) is 0 Å². The lowest BCUT2D eigenvalue weighted by atomic mass is 10.0. The number of rotatable bonds is 1. The predicted molar refractivity (Wildman–Crippen MR) is 88.5 cm³/mol. The number of hydrogen-bond donors (Lipinski definition) is 0. The number of nitrogens with zero attached hydrogens (tertiary/aromatic N) is 2. The highest BCUT2D eigenvalue weighted by molar-refractivity contribution is 7.07. The lowest BCUT2D eigenvalue weighted by Gasteiger charge is -2.07. The predicted octanol–water partition coefficient (Wildman–Crippen LogP) is 3.86. The topological polar surface area (TPSA) is 17.3 Å². The van der Waals surface area contributed by atoms with Gasteiger partial charge in [0.1, 0.15) is 0 Å². The van der Waals surface area contributed by atoms with Gasteiger partial charge in [0, 0.05) is 19.5 Å². The van der Waals surface area contributed by atoms with Crippen LogP contribution >= 0.6 is 11.3 Å². The van der Waals surface area contributed by atoms with Crippen LogP contribution in [0, 0.1) is 0 Å². The Morgan fingerprint density at radius 3 is 2.67 bits per heavy atom. The maximum Gasteiger partial charge on any atom is 0.184 e. The van der Waals surface area contributed by atoms with Crippen molar-refractivity contribution in [1.82, 2.24) is 4.57 Å². The van der Waals surface area contributed by atoms with Gasteiger partial charge < -0.3 is 4.57 Å². The first-order chi connectivity index (χ1) is 10.3. The molecule has 0 radical (unpaired) electrons. The first-order valence-electron chi connectivity index (χ1n) is 7.07. The van der Waals surface area contributed by atoms with Crippen molar-refractivity contribution in [2.45, 2.75) is 6.42 Å². The summed E-state index contributed by atoms with van der Waals surface area (Å²) in [4.78, 5) is 5.35. The van der Waals surface area contributed by atoms with Crippen LogP contribution in [0.15, 0.2) is 52.8 Å². The molecule has 1 aromatic heterocycles. The van der Waals surface area contributed by atoms with Gasteiger partial charge in [-0.1, -0.05) is 36.4 Å². The Morgan fingerprint density at radius 2 is 1.86 bits per heavy atom. The third kappa shape index (κ3) is 1.88. The smallest absolute Gasteiger partial charge is 0.184 e. The van der Waals surface area contributed by atoms with Crippen LogP contribution in [0.1, 0.15) is 11.1 Å². The fourth-order valence-corrected chi connectivity index (χ4v) is 3.99. The Labute approximate surface area is 128 Å². The second-order valence-corrected chi connectivity index (χ2v) is 6.23. The van der Waals surface area contributed by atoms with Crippen molar-refractivity contribution in [2.75, 3.05) is 7.05 Å². The molecule has 0 N–H and O–H groups in total. The SMILES string of the molecule is CN=c1scc(-c2ccc3c(c2)-c2ccccc2C3)n1C. The van der Waals surface area contributed by atoms with Gasteiger partial charge in [0.25, 0.3) is 0 Å². The number of fused-ring (bicyclic) bond motifs is 3. The normalized spacial score (nSPS) is 13.3. The molecular formula is C18H16N2S. The summed E-state index contributed by atoms with van der Waals surface area (Å²) in [5, 5.41) is 2.19. The monoisotopic (exact) mass is 292 g/mol. The minimum absolute atomic E-state index is 1.05. The van der Waals surface area contributed by atoms with Crippen molar-refractivity contribution >= 4 is 11.3 Å². The van der Waals surface area contributed by atoms with Gasteiger partial charge in [0.05, 0.1) is 5.69 Å². The number of aromatic nitrogens is 1. The molecule has 3 heteroatoms. The lowest BCUT2D eigenvalue weighted by Crippen LogP contribution is -2.10. The van der Waals surface area contributed by atoms with E-state index in [4.69, 9.17) is 0 Å². The lowest BCUT2D eigenvalue weighted by molar-refractivity contribution is 0.876. The van der Waals surface area contributed by atoms with Gasteiger partial charge in [-0.2, -0.15) is 0 Å². The maximum atomic E-state index is 4.31. The summed E-state index contributed by atoms with van der Waals surface area (Å²) in [5.41, 5.74) is 8.12. The molecule has 0 unspecified atom stereocenters. The highest BCUT2D eigenvalue weighted by Crippen LogP contribution is 2.38. The Morgan fingerprint density at radius 1 is 1.05 bits per heavy atom. The van der Waals surface area contributed by atoms with Crippen LogP contribution in [0.3, 0.4) is 0 Å². The molecule has 0 spiro atoms. The largest absolute Gasteiger partial charge is 0.320 e. The molecule has 0 atom stereocenters. The second-order valence-electron chi connectivity index (χ2n) is 5.39. The molecule has 1 heterocycles.